The van der Waals surface area contributed by atoms with E-state index in [-0.39, 0.29) is 0 Å². The molecule has 0 radical (unpaired) electrons. The summed E-state index contributed by atoms with van der Waals surface area (Å²) in [5.41, 5.74) is 0.867. The highest BCUT2D eigenvalue weighted by Gasteiger charge is 2.20. The van der Waals surface area contributed by atoms with E-state index in [0.29, 0.717) is 6.42 Å². The molecule has 2 aromatic rings. The second-order valence-electron chi connectivity index (χ2n) is 4.02. The van der Waals surface area contributed by atoms with Crippen molar-refractivity contribution in [3.05, 3.63) is 57.8 Å². The lowest BCUT2D eigenvalue weighted by atomic mass is 9.95. The average Bonchev–Trinajstić information content (AvgIpc) is 2.73. The summed E-state index contributed by atoms with van der Waals surface area (Å²) in [6.45, 7) is 2.03. The molecule has 1 aromatic heterocycles. The summed E-state index contributed by atoms with van der Waals surface area (Å²) in [5, 5.41) is 9.30. The first-order chi connectivity index (χ1) is 8.16. The molecule has 1 aromatic carbocycles. The number of rotatable bonds is 4. The van der Waals surface area contributed by atoms with Crippen LogP contribution in [0.3, 0.4) is 0 Å². The summed E-state index contributed by atoms with van der Waals surface area (Å²) in [4.78, 5) is 13.7. The van der Waals surface area contributed by atoms with Gasteiger partial charge in [0.15, 0.2) is 0 Å². The van der Waals surface area contributed by atoms with Crippen LogP contribution < -0.4 is 0 Å². The number of benzene rings is 1. The number of hydrogen-bond donors (Lipinski definition) is 1. The molecule has 1 atom stereocenters. The Kier molecular flexibility index (Phi) is 3.59. The topological polar surface area (TPSA) is 37.3 Å². The summed E-state index contributed by atoms with van der Waals surface area (Å²) in [6.07, 6.45) is 0.567. The number of carboxylic acids is 1. The molecule has 0 aliphatic carbocycles. The fourth-order valence-electron chi connectivity index (χ4n) is 1.83. The predicted molar refractivity (Wildman–Crippen MR) is 69.6 cm³/mol. The number of aliphatic carboxylic acids is 1. The van der Waals surface area contributed by atoms with Gasteiger partial charge in [0.1, 0.15) is 0 Å². The smallest absolute Gasteiger partial charge is 0.311 e. The highest BCUT2D eigenvalue weighted by molar-refractivity contribution is 7.11. The third kappa shape index (κ3) is 2.94. The molecule has 0 aliphatic rings. The molecule has 0 saturated carbocycles. The number of hydrogen-bond acceptors (Lipinski definition) is 2. The van der Waals surface area contributed by atoms with Gasteiger partial charge in [-0.3, -0.25) is 4.79 Å². The van der Waals surface area contributed by atoms with Crippen LogP contribution in [-0.2, 0) is 11.2 Å². The van der Waals surface area contributed by atoms with E-state index in [1.807, 2.05) is 49.4 Å². The molecule has 0 aliphatic heterocycles. The third-order valence-electron chi connectivity index (χ3n) is 2.70. The first kappa shape index (κ1) is 11.9. The molecular formula is C14H14O2S. The van der Waals surface area contributed by atoms with Gasteiger partial charge in [0.2, 0.25) is 0 Å². The quantitative estimate of drug-likeness (QED) is 0.897. The van der Waals surface area contributed by atoms with Crippen molar-refractivity contribution in [3.8, 4) is 0 Å². The van der Waals surface area contributed by atoms with Gasteiger partial charge in [-0.25, -0.2) is 0 Å². The summed E-state index contributed by atoms with van der Waals surface area (Å²) in [7, 11) is 0. The Hall–Kier alpha value is -1.61. The van der Waals surface area contributed by atoms with Crippen molar-refractivity contribution in [2.24, 2.45) is 0 Å². The fourth-order valence-corrected chi connectivity index (χ4v) is 2.76. The number of aryl methyl sites for hydroxylation is 1. The van der Waals surface area contributed by atoms with E-state index in [1.165, 1.54) is 4.88 Å². The summed E-state index contributed by atoms with van der Waals surface area (Å²) in [5.74, 6) is -1.21. The standard InChI is InChI=1S/C14H14O2S/c1-10-7-8-12(17-10)9-13(14(15)16)11-5-3-2-4-6-11/h2-8,13H,9H2,1H3,(H,15,16). The first-order valence-electron chi connectivity index (χ1n) is 5.50. The van der Waals surface area contributed by atoms with E-state index >= 15 is 0 Å². The Balaban J connectivity index is 2.22. The van der Waals surface area contributed by atoms with Crippen molar-refractivity contribution in [1.29, 1.82) is 0 Å². The summed E-state index contributed by atoms with van der Waals surface area (Å²) < 4.78 is 0. The molecule has 0 spiro atoms. The fraction of sp³-hybridized carbons (Fsp3) is 0.214. The molecular weight excluding hydrogens is 232 g/mol. The first-order valence-corrected chi connectivity index (χ1v) is 6.31. The molecule has 3 heteroatoms. The zero-order valence-corrected chi connectivity index (χ0v) is 10.4. The molecule has 1 heterocycles. The lowest BCUT2D eigenvalue weighted by molar-refractivity contribution is -0.138. The van der Waals surface area contributed by atoms with Gasteiger partial charge in [0, 0.05) is 9.75 Å². The van der Waals surface area contributed by atoms with E-state index in [0.717, 1.165) is 10.4 Å². The van der Waals surface area contributed by atoms with Crippen LogP contribution in [0.1, 0.15) is 21.2 Å². The minimum Gasteiger partial charge on any atom is -0.481 e. The van der Waals surface area contributed by atoms with Crippen molar-refractivity contribution >= 4 is 17.3 Å². The average molecular weight is 246 g/mol. The Morgan fingerprint density at radius 3 is 2.47 bits per heavy atom. The Bertz CT molecular complexity index is 502. The Labute approximate surface area is 105 Å². The van der Waals surface area contributed by atoms with Gasteiger partial charge in [0.05, 0.1) is 5.92 Å². The number of carbonyl (C=O) groups is 1. The molecule has 2 rings (SSSR count). The van der Waals surface area contributed by atoms with Crippen LogP contribution in [0.4, 0.5) is 0 Å². The minimum absolute atomic E-state index is 0.450. The summed E-state index contributed by atoms with van der Waals surface area (Å²) in [6, 6.07) is 13.5. The Morgan fingerprint density at radius 1 is 1.24 bits per heavy atom. The van der Waals surface area contributed by atoms with E-state index < -0.39 is 11.9 Å². The van der Waals surface area contributed by atoms with Gasteiger partial charge >= 0.3 is 5.97 Å². The summed E-state index contributed by atoms with van der Waals surface area (Å²) >= 11 is 1.66. The molecule has 0 fully saturated rings. The third-order valence-corrected chi connectivity index (χ3v) is 3.72. The van der Waals surface area contributed by atoms with Crippen molar-refractivity contribution in [1.82, 2.24) is 0 Å². The van der Waals surface area contributed by atoms with E-state index in [1.54, 1.807) is 11.3 Å². The van der Waals surface area contributed by atoms with Crippen LogP contribution in [0.25, 0.3) is 0 Å². The van der Waals surface area contributed by atoms with Gasteiger partial charge < -0.3 is 5.11 Å². The van der Waals surface area contributed by atoms with Crippen LogP contribution in [0.2, 0.25) is 0 Å². The van der Waals surface area contributed by atoms with Crippen LogP contribution in [0.15, 0.2) is 42.5 Å². The van der Waals surface area contributed by atoms with Crippen LogP contribution in [0, 0.1) is 6.92 Å². The molecule has 0 bridgehead atoms. The van der Waals surface area contributed by atoms with E-state index in [9.17, 15) is 9.90 Å². The molecule has 2 nitrogen and oxygen atoms in total. The maximum absolute atomic E-state index is 11.3. The largest absolute Gasteiger partial charge is 0.481 e. The van der Waals surface area contributed by atoms with Crippen molar-refractivity contribution in [2.75, 3.05) is 0 Å². The van der Waals surface area contributed by atoms with E-state index in [4.69, 9.17) is 0 Å². The highest BCUT2D eigenvalue weighted by Crippen LogP contribution is 2.25. The van der Waals surface area contributed by atoms with Crippen molar-refractivity contribution in [2.45, 2.75) is 19.3 Å². The maximum atomic E-state index is 11.3. The zero-order chi connectivity index (χ0) is 12.3. The van der Waals surface area contributed by atoms with Gasteiger partial charge in [-0.15, -0.1) is 11.3 Å². The lowest BCUT2D eigenvalue weighted by Gasteiger charge is -2.11. The predicted octanol–water partition coefficient (Wildman–Crippen LogP) is 3.47. The van der Waals surface area contributed by atoms with Crippen LogP contribution in [0.5, 0.6) is 0 Å². The molecule has 88 valence electrons. The minimum atomic E-state index is -0.762. The van der Waals surface area contributed by atoms with Gasteiger partial charge in [-0.2, -0.15) is 0 Å². The monoisotopic (exact) mass is 246 g/mol. The molecule has 1 unspecified atom stereocenters. The SMILES string of the molecule is Cc1ccc(CC(C(=O)O)c2ccccc2)s1. The van der Waals surface area contributed by atoms with E-state index in [2.05, 4.69) is 0 Å². The van der Waals surface area contributed by atoms with Gasteiger partial charge in [-0.1, -0.05) is 30.3 Å². The van der Waals surface area contributed by atoms with Crippen molar-refractivity contribution in [3.63, 3.8) is 0 Å². The zero-order valence-electron chi connectivity index (χ0n) is 9.59. The molecule has 0 saturated heterocycles. The Morgan fingerprint density at radius 2 is 1.94 bits per heavy atom. The molecule has 0 amide bonds. The molecule has 1 N–H and O–H groups in total. The van der Waals surface area contributed by atoms with Gasteiger partial charge in [-0.05, 0) is 31.0 Å². The maximum Gasteiger partial charge on any atom is 0.311 e. The lowest BCUT2D eigenvalue weighted by Crippen LogP contribution is -2.13. The van der Waals surface area contributed by atoms with Gasteiger partial charge in [0.25, 0.3) is 0 Å². The normalized spacial score (nSPS) is 12.3. The number of thiophene rings is 1. The van der Waals surface area contributed by atoms with Crippen LogP contribution in [-0.4, -0.2) is 11.1 Å². The number of carboxylic acid groups (broad SMARTS) is 1. The second kappa shape index (κ2) is 5.15. The highest BCUT2D eigenvalue weighted by atomic mass is 32.1. The molecule has 17 heavy (non-hydrogen) atoms. The van der Waals surface area contributed by atoms with Crippen molar-refractivity contribution < 1.29 is 9.90 Å². The van der Waals surface area contributed by atoms with Crippen LogP contribution >= 0.6 is 11.3 Å². The second-order valence-corrected chi connectivity index (χ2v) is 5.39.